The van der Waals surface area contributed by atoms with E-state index in [4.69, 9.17) is 11.6 Å². The number of nitrogens with zero attached hydrogens (tertiary/aromatic N) is 1. The Kier molecular flexibility index (Phi) is 1.93. The highest BCUT2D eigenvalue weighted by Gasteiger charge is 2.18. The van der Waals surface area contributed by atoms with Crippen molar-refractivity contribution < 1.29 is 4.79 Å². The standard InChI is InChI=1S/C10H8ClNO/c1-6-2-3-7-8(4-6)12-10(11)5-9(7)13/h2-4H,5H2,1H3. The summed E-state index contributed by atoms with van der Waals surface area (Å²) in [5.41, 5.74) is 2.46. The first-order chi connectivity index (χ1) is 6.16. The lowest BCUT2D eigenvalue weighted by Gasteiger charge is -2.10. The van der Waals surface area contributed by atoms with Gasteiger partial charge in [0.15, 0.2) is 5.78 Å². The molecule has 1 heterocycles. The fourth-order valence-corrected chi connectivity index (χ4v) is 1.58. The van der Waals surface area contributed by atoms with Gasteiger partial charge in [0.2, 0.25) is 0 Å². The lowest BCUT2D eigenvalue weighted by molar-refractivity contribution is 0.100. The van der Waals surface area contributed by atoms with Gasteiger partial charge in [0.05, 0.1) is 12.1 Å². The number of fused-ring (bicyclic) bond motifs is 1. The van der Waals surface area contributed by atoms with Crippen LogP contribution >= 0.6 is 11.6 Å². The van der Waals surface area contributed by atoms with Gasteiger partial charge in [-0.05, 0) is 24.6 Å². The van der Waals surface area contributed by atoms with Crippen molar-refractivity contribution in [1.29, 1.82) is 0 Å². The summed E-state index contributed by atoms with van der Waals surface area (Å²) in [6, 6.07) is 5.58. The average Bonchev–Trinajstić information content (AvgIpc) is 2.02. The number of halogens is 1. The van der Waals surface area contributed by atoms with Crippen LogP contribution in [0.2, 0.25) is 0 Å². The van der Waals surface area contributed by atoms with E-state index in [2.05, 4.69) is 4.99 Å². The average molecular weight is 194 g/mol. The Morgan fingerprint density at radius 2 is 2.23 bits per heavy atom. The molecule has 0 aromatic heterocycles. The molecule has 0 aliphatic carbocycles. The topological polar surface area (TPSA) is 29.4 Å². The monoisotopic (exact) mass is 193 g/mol. The molecular formula is C10H8ClNO. The third kappa shape index (κ3) is 1.49. The highest BCUT2D eigenvalue weighted by Crippen LogP contribution is 2.27. The summed E-state index contributed by atoms with van der Waals surface area (Å²) in [6.07, 6.45) is 0.234. The molecule has 66 valence electrons. The number of hydrogen-bond donors (Lipinski definition) is 0. The summed E-state index contributed by atoms with van der Waals surface area (Å²) in [5.74, 6) is 0.0509. The first kappa shape index (κ1) is 8.45. The molecule has 0 atom stereocenters. The van der Waals surface area contributed by atoms with Crippen molar-refractivity contribution >= 4 is 28.2 Å². The Labute approximate surface area is 81.2 Å². The minimum absolute atomic E-state index is 0.0509. The predicted molar refractivity (Wildman–Crippen MR) is 53.1 cm³/mol. The maximum Gasteiger partial charge on any atom is 0.171 e. The molecule has 2 rings (SSSR count). The Balaban J connectivity index is 2.63. The molecule has 2 nitrogen and oxygen atoms in total. The lowest BCUT2D eigenvalue weighted by Crippen LogP contribution is -2.08. The van der Waals surface area contributed by atoms with E-state index < -0.39 is 0 Å². The van der Waals surface area contributed by atoms with Gasteiger partial charge in [-0.1, -0.05) is 17.7 Å². The highest BCUT2D eigenvalue weighted by molar-refractivity contribution is 6.67. The summed E-state index contributed by atoms with van der Waals surface area (Å²) in [5, 5.41) is 0.378. The van der Waals surface area contributed by atoms with Crippen LogP contribution in [0.15, 0.2) is 23.2 Å². The zero-order chi connectivity index (χ0) is 9.42. The van der Waals surface area contributed by atoms with E-state index in [0.717, 1.165) is 5.56 Å². The smallest absolute Gasteiger partial charge is 0.171 e. The van der Waals surface area contributed by atoms with Gasteiger partial charge in [0.1, 0.15) is 5.17 Å². The zero-order valence-electron chi connectivity index (χ0n) is 7.17. The van der Waals surface area contributed by atoms with Crippen molar-refractivity contribution in [1.82, 2.24) is 0 Å². The van der Waals surface area contributed by atoms with Gasteiger partial charge in [0, 0.05) is 5.56 Å². The molecule has 0 saturated heterocycles. The molecular weight excluding hydrogens is 186 g/mol. The third-order valence-corrected chi connectivity index (χ3v) is 2.22. The summed E-state index contributed by atoms with van der Waals surface area (Å²) in [6.45, 7) is 1.96. The summed E-state index contributed by atoms with van der Waals surface area (Å²) >= 11 is 5.72. The molecule has 0 fully saturated rings. The second kappa shape index (κ2) is 2.96. The van der Waals surface area contributed by atoms with Gasteiger partial charge in [-0.25, -0.2) is 4.99 Å². The van der Waals surface area contributed by atoms with E-state index in [-0.39, 0.29) is 12.2 Å². The van der Waals surface area contributed by atoms with Crippen LogP contribution in [0.3, 0.4) is 0 Å². The Morgan fingerprint density at radius 3 is 3.00 bits per heavy atom. The number of aryl methyl sites for hydroxylation is 1. The molecule has 3 heteroatoms. The van der Waals surface area contributed by atoms with Crippen molar-refractivity contribution in [3.05, 3.63) is 29.3 Å². The predicted octanol–water partition coefficient (Wildman–Crippen LogP) is 2.85. The minimum Gasteiger partial charge on any atom is -0.294 e. The van der Waals surface area contributed by atoms with Crippen molar-refractivity contribution in [3.8, 4) is 0 Å². The molecule has 1 aromatic carbocycles. The molecule has 0 bridgehead atoms. The van der Waals surface area contributed by atoms with Crippen LogP contribution in [0.5, 0.6) is 0 Å². The number of ketones is 1. The quantitative estimate of drug-likeness (QED) is 0.623. The minimum atomic E-state index is 0.0509. The van der Waals surface area contributed by atoms with Crippen LogP contribution in [0.25, 0.3) is 0 Å². The molecule has 0 amide bonds. The van der Waals surface area contributed by atoms with Gasteiger partial charge in [-0.15, -0.1) is 0 Å². The van der Waals surface area contributed by atoms with Crippen molar-refractivity contribution in [2.45, 2.75) is 13.3 Å². The van der Waals surface area contributed by atoms with Crippen molar-refractivity contribution in [2.24, 2.45) is 4.99 Å². The molecule has 0 unspecified atom stereocenters. The zero-order valence-corrected chi connectivity index (χ0v) is 7.93. The molecule has 1 aliphatic heterocycles. The molecule has 0 N–H and O–H groups in total. The van der Waals surface area contributed by atoms with E-state index >= 15 is 0 Å². The summed E-state index contributed by atoms with van der Waals surface area (Å²) in [7, 11) is 0. The van der Waals surface area contributed by atoms with Gasteiger partial charge < -0.3 is 0 Å². The molecule has 1 aromatic rings. The largest absolute Gasteiger partial charge is 0.294 e. The van der Waals surface area contributed by atoms with Crippen LogP contribution in [0.4, 0.5) is 5.69 Å². The number of carbonyl (C=O) groups is 1. The molecule has 0 radical (unpaired) electrons. The molecule has 1 aliphatic rings. The Morgan fingerprint density at radius 1 is 1.46 bits per heavy atom. The SMILES string of the molecule is Cc1ccc2c(c1)N=C(Cl)CC2=O. The second-order valence-electron chi connectivity index (χ2n) is 3.11. The van der Waals surface area contributed by atoms with Gasteiger partial charge in [-0.3, -0.25) is 4.79 Å². The summed E-state index contributed by atoms with van der Waals surface area (Å²) < 4.78 is 0. The fourth-order valence-electron chi connectivity index (χ4n) is 1.37. The van der Waals surface area contributed by atoms with Crippen LogP contribution in [0, 0.1) is 6.92 Å². The molecule has 13 heavy (non-hydrogen) atoms. The van der Waals surface area contributed by atoms with E-state index in [1.807, 2.05) is 19.1 Å². The van der Waals surface area contributed by atoms with Gasteiger partial charge >= 0.3 is 0 Å². The van der Waals surface area contributed by atoms with Crippen LogP contribution in [0.1, 0.15) is 22.3 Å². The lowest BCUT2D eigenvalue weighted by atomic mass is 10.0. The number of hydrogen-bond acceptors (Lipinski definition) is 2. The normalized spacial score (nSPS) is 15.2. The third-order valence-electron chi connectivity index (χ3n) is 2.00. The maximum atomic E-state index is 11.4. The first-order valence-electron chi connectivity index (χ1n) is 4.04. The number of rotatable bonds is 0. The Bertz CT molecular complexity index is 409. The Hall–Kier alpha value is -1.15. The van der Waals surface area contributed by atoms with E-state index in [1.165, 1.54) is 0 Å². The van der Waals surface area contributed by atoms with Crippen molar-refractivity contribution in [2.75, 3.05) is 0 Å². The second-order valence-corrected chi connectivity index (χ2v) is 3.54. The van der Waals surface area contributed by atoms with Gasteiger partial charge in [0.25, 0.3) is 0 Å². The van der Waals surface area contributed by atoms with Crippen LogP contribution < -0.4 is 0 Å². The first-order valence-corrected chi connectivity index (χ1v) is 4.41. The van der Waals surface area contributed by atoms with Crippen molar-refractivity contribution in [3.63, 3.8) is 0 Å². The van der Waals surface area contributed by atoms with E-state index in [1.54, 1.807) is 6.07 Å². The fraction of sp³-hybridized carbons (Fsp3) is 0.200. The number of Topliss-reactive ketones (excluding diaryl/α,β-unsaturated/α-hetero) is 1. The summed E-state index contributed by atoms with van der Waals surface area (Å²) in [4.78, 5) is 15.6. The number of benzene rings is 1. The molecule has 0 spiro atoms. The van der Waals surface area contributed by atoms with Crippen LogP contribution in [-0.2, 0) is 0 Å². The highest BCUT2D eigenvalue weighted by atomic mass is 35.5. The van der Waals surface area contributed by atoms with E-state index in [9.17, 15) is 4.79 Å². The number of carbonyl (C=O) groups excluding carboxylic acids is 1. The number of aliphatic imine (C=N–C) groups is 1. The van der Waals surface area contributed by atoms with E-state index in [0.29, 0.717) is 16.4 Å². The molecule has 0 saturated carbocycles. The maximum absolute atomic E-state index is 11.4. The van der Waals surface area contributed by atoms with Gasteiger partial charge in [-0.2, -0.15) is 0 Å². The van der Waals surface area contributed by atoms with Crippen LogP contribution in [-0.4, -0.2) is 11.0 Å².